The fraction of sp³-hybridized carbons (Fsp3) is 0.500. The molecule has 2 aliphatic carbocycles. The van der Waals surface area contributed by atoms with Crippen LogP contribution in [0.5, 0.6) is 0 Å². The van der Waals surface area contributed by atoms with Gasteiger partial charge >= 0.3 is 6.03 Å². The van der Waals surface area contributed by atoms with Crippen LogP contribution in [0.1, 0.15) is 67.9 Å². The van der Waals surface area contributed by atoms with Crippen molar-refractivity contribution in [2.24, 2.45) is 5.92 Å². The Labute approximate surface area is 179 Å². The number of rotatable bonds is 6. The predicted octanol–water partition coefficient (Wildman–Crippen LogP) is 2.15. The summed E-state index contributed by atoms with van der Waals surface area (Å²) in [5, 5.41) is 9.72. The van der Waals surface area contributed by atoms with Crippen molar-refractivity contribution in [2.45, 2.75) is 57.0 Å². The number of aromatic nitrogens is 2. The highest BCUT2D eigenvalue weighted by atomic mass is 16.5. The molecule has 2 atom stereocenters. The molecule has 2 aromatic rings. The van der Waals surface area contributed by atoms with Crippen LogP contribution in [-0.4, -0.2) is 39.4 Å². The van der Waals surface area contributed by atoms with Gasteiger partial charge in [0.05, 0.1) is 0 Å². The highest BCUT2D eigenvalue weighted by Crippen LogP contribution is 2.41. The maximum Gasteiger partial charge on any atom is 0.325 e. The number of imide groups is 1. The second-order valence-corrected chi connectivity index (χ2v) is 8.94. The van der Waals surface area contributed by atoms with Crippen LogP contribution in [0.3, 0.4) is 0 Å². The monoisotopic (exact) mass is 423 g/mol. The molecule has 9 nitrogen and oxygen atoms in total. The van der Waals surface area contributed by atoms with E-state index in [4.69, 9.17) is 4.52 Å². The van der Waals surface area contributed by atoms with E-state index in [9.17, 15) is 14.4 Å². The fourth-order valence-electron chi connectivity index (χ4n) is 4.49. The van der Waals surface area contributed by atoms with Crippen molar-refractivity contribution in [3.8, 4) is 0 Å². The van der Waals surface area contributed by atoms with Crippen molar-refractivity contribution in [1.29, 1.82) is 0 Å². The van der Waals surface area contributed by atoms with Gasteiger partial charge in [0.1, 0.15) is 18.1 Å². The van der Waals surface area contributed by atoms with Crippen molar-refractivity contribution >= 4 is 17.8 Å². The Morgan fingerprint density at radius 1 is 1.32 bits per heavy atom. The minimum Gasteiger partial charge on any atom is -0.342 e. The van der Waals surface area contributed by atoms with Crippen LogP contribution in [-0.2, 0) is 21.5 Å². The van der Waals surface area contributed by atoms with E-state index in [1.165, 1.54) is 0 Å². The van der Waals surface area contributed by atoms with Gasteiger partial charge in [-0.3, -0.25) is 14.5 Å². The van der Waals surface area contributed by atoms with Crippen LogP contribution in [0.4, 0.5) is 4.79 Å². The zero-order chi connectivity index (χ0) is 21.8. The van der Waals surface area contributed by atoms with E-state index in [-0.39, 0.29) is 18.4 Å². The molecule has 2 heterocycles. The minimum absolute atomic E-state index is 0.00684. The number of carbonyl (C=O) groups is 3. The van der Waals surface area contributed by atoms with Crippen LogP contribution in [0.2, 0.25) is 0 Å². The summed E-state index contributed by atoms with van der Waals surface area (Å²) < 4.78 is 5.38. The number of nitrogens with zero attached hydrogens (tertiary/aromatic N) is 3. The molecule has 162 valence electrons. The van der Waals surface area contributed by atoms with Crippen molar-refractivity contribution in [3.63, 3.8) is 0 Å². The van der Waals surface area contributed by atoms with Crippen molar-refractivity contribution in [3.05, 3.63) is 47.1 Å². The van der Waals surface area contributed by atoms with Gasteiger partial charge in [-0.2, -0.15) is 4.98 Å². The first-order valence-corrected chi connectivity index (χ1v) is 10.7. The lowest BCUT2D eigenvalue weighted by molar-refractivity contribution is -0.135. The number of hydrogen-bond donors (Lipinski definition) is 2. The number of fused-ring (bicyclic) bond motifs is 2. The number of aryl methyl sites for hydroxylation is 1. The number of amides is 4. The molecule has 5 rings (SSSR count). The topological polar surface area (TPSA) is 117 Å². The molecule has 1 saturated heterocycles. The predicted molar refractivity (Wildman–Crippen MR) is 109 cm³/mol. The van der Waals surface area contributed by atoms with Gasteiger partial charge in [-0.05, 0) is 42.7 Å². The van der Waals surface area contributed by atoms with E-state index in [0.29, 0.717) is 30.5 Å². The first kappa shape index (κ1) is 19.7. The summed E-state index contributed by atoms with van der Waals surface area (Å²) >= 11 is 0. The Morgan fingerprint density at radius 2 is 2.10 bits per heavy atom. The second-order valence-electron chi connectivity index (χ2n) is 8.94. The maximum atomic E-state index is 13.2. The standard InChI is InChI=1S/C22H25N5O4/c1-12(2)17(19-24-18(26-31-19)14-7-8-14)23-16(28)11-27-20(29)22(25-21(27)30)10-9-13-5-3-4-6-15(13)22/h3-6,12,14,17H,7-11H2,1-2H3,(H,23,28)(H,25,30). The van der Waals surface area contributed by atoms with Gasteiger partial charge in [0.2, 0.25) is 11.8 Å². The van der Waals surface area contributed by atoms with E-state index < -0.39 is 23.5 Å². The summed E-state index contributed by atoms with van der Waals surface area (Å²) in [6, 6.07) is 6.57. The maximum absolute atomic E-state index is 13.2. The number of carbonyl (C=O) groups excluding carboxylic acids is 3. The Kier molecular flexibility index (Phi) is 4.56. The lowest BCUT2D eigenvalue weighted by Crippen LogP contribution is -2.44. The van der Waals surface area contributed by atoms with Crippen LogP contribution < -0.4 is 10.6 Å². The summed E-state index contributed by atoms with van der Waals surface area (Å²) in [5.41, 5.74) is 0.789. The number of urea groups is 1. The Bertz CT molecular complexity index is 1060. The lowest BCUT2D eigenvalue weighted by atomic mass is 9.92. The van der Waals surface area contributed by atoms with Crippen molar-refractivity contribution < 1.29 is 18.9 Å². The first-order chi connectivity index (χ1) is 14.9. The summed E-state index contributed by atoms with van der Waals surface area (Å²) in [6.45, 7) is 3.51. The van der Waals surface area contributed by atoms with E-state index in [0.717, 1.165) is 28.9 Å². The summed E-state index contributed by atoms with van der Waals surface area (Å²) in [5.74, 6) is 0.531. The fourth-order valence-corrected chi connectivity index (χ4v) is 4.49. The van der Waals surface area contributed by atoms with E-state index >= 15 is 0 Å². The molecule has 1 aromatic carbocycles. The largest absolute Gasteiger partial charge is 0.342 e. The molecule has 2 fully saturated rings. The Morgan fingerprint density at radius 3 is 2.84 bits per heavy atom. The summed E-state index contributed by atoms with van der Waals surface area (Å²) in [4.78, 5) is 44.1. The third-order valence-electron chi connectivity index (χ3n) is 6.37. The highest BCUT2D eigenvalue weighted by molar-refractivity contribution is 6.09. The van der Waals surface area contributed by atoms with Crippen molar-refractivity contribution in [2.75, 3.05) is 6.54 Å². The number of hydrogen-bond acceptors (Lipinski definition) is 6. The van der Waals surface area contributed by atoms with Gasteiger partial charge in [0, 0.05) is 5.92 Å². The summed E-state index contributed by atoms with van der Waals surface area (Å²) in [7, 11) is 0. The molecule has 31 heavy (non-hydrogen) atoms. The SMILES string of the molecule is CC(C)C(NC(=O)CN1C(=O)NC2(CCc3ccccc32)C1=O)c1nc(C2CC2)no1. The molecule has 2 N–H and O–H groups in total. The molecule has 4 amide bonds. The van der Waals surface area contributed by atoms with E-state index in [2.05, 4.69) is 20.8 Å². The molecule has 1 spiro atoms. The summed E-state index contributed by atoms with van der Waals surface area (Å²) in [6.07, 6.45) is 3.30. The molecular formula is C22H25N5O4. The van der Waals surface area contributed by atoms with E-state index in [1.54, 1.807) is 0 Å². The molecular weight excluding hydrogens is 398 g/mol. The van der Waals surface area contributed by atoms with Crippen LogP contribution in [0, 0.1) is 5.92 Å². The molecule has 1 aromatic heterocycles. The zero-order valence-corrected chi connectivity index (χ0v) is 17.6. The highest BCUT2D eigenvalue weighted by Gasteiger charge is 2.55. The third-order valence-corrected chi connectivity index (χ3v) is 6.37. The van der Waals surface area contributed by atoms with Crippen LogP contribution >= 0.6 is 0 Å². The van der Waals surface area contributed by atoms with Crippen LogP contribution in [0.25, 0.3) is 0 Å². The average molecular weight is 423 g/mol. The number of benzene rings is 1. The smallest absolute Gasteiger partial charge is 0.325 e. The van der Waals surface area contributed by atoms with Crippen molar-refractivity contribution in [1.82, 2.24) is 25.7 Å². The first-order valence-electron chi connectivity index (χ1n) is 10.7. The Hall–Kier alpha value is -3.23. The van der Waals surface area contributed by atoms with Gasteiger partial charge in [-0.25, -0.2) is 4.79 Å². The molecule has 0 bridgehead atoms. The van der Waals surface area contributed by atoms with Crippen LogP contribution in [0.15, 0.2) is 28.8 Å². The van der Waals surface area contributed by atoms with Gasteiger partial charge in [0.25, 0.3) is 5.91 Å². The molecule has 2 unspecified atom stereocenters. The average Bonchev–Trinajstić information content (AvgIpc) is 3.29. The molecule has 0 radical (unpaired) electrons. The zero-order valence-electron chi connectivity index (χ0n) is 17.6. The van der Waals surface area contributed by atoms with Gasteiger partial charge < -0.3 is 15.2 Å². The molecule has 9 heteroatoms. The molecule has 1 aliphatic heterocycles. The Balaban J connectivity index is 1.30. The van der Waals surface area contributed by atoms with Gasteiger partial charge in [-0.15, -0.1) is 0 Å². The van der Waals surface area contributed by atoms with Gasteiger partial charge in [0.15, 0.2) is 5.82 Å². The van der Waals surface area contributed by atoms with E-state index in [1.807, 2.05) is 38.1 Å². The molecule has 1 saturated carbocycles. The lowest BCUT2D eigenvalue weighted by Gasteiger charge is -2.23. The minimum atomic E-state index is -1.07. The third kappa shape index (κ3) is 3.28. The number of nitrogens with one attached hydrogen (secondary N) is 2. The normalized spacial score (nSPS) is 23.4. The second kappa shape index (κ2) is 7.18. The molecule has 3 aliphatic rings. The van der Waals surface area contributed by atoms with Gasteiger partial charge in [-0.1, -0.05) is 43.3 Å². The quantitative estimate of drug-likeness (QED) is 0.688.